The van der Waals surface area contributed by atoms with Crippen LogP contribution in [0, 0.1) is 0 Å². The summed E-state index contributed by atoms with van der Waals surface area (Å²) in [5, 5.41) is 16.7. The molecule has 0 heterocycles. The van der Waals surface area contributed by atoms with Crippen LogP contribution in [0.3, 0.4) is 0 Å². The lowest BCUT2D eigenvalue weighted by atomic mass is 10.3. The highest BCUT2D eigenvalue weighted by molar-refractivity contribution is 5.99. The molecule has 0 spiro atoms. The zero-order chi connectivity index (χ0) is 9.56. The van der Waals surface area contributed by atoms with Gasteiger partial charge in [0.15, 0.2) is 5.78 Å². The van der Waals surface area contributed by atoms with Crippen LogP contribution < -0.4 is 0 Å². The molecule has 0 unspecified atom stereocenters. The SMILES string of the molecule is C=CC(=O)C=CC=C(O)C(=O)O. The summed E-state index contributed by atoms with van der Waals surface area (Å²) in [4.78, 5) is 20.5. The molecule has 0 saturated heterocycles. The van der Waals surface area contributed by atoms with E-state index >= 15 is 0 Å². The van der Waals surface area contributed by atoms with Gasteiger partial charge in [0.25, 0.3) is 0 Å². The van der Waals surface area contributed by atoms with E-state index in [1.54, 1.807) is 0 Å². The van der Waals surface area contributed by atoms with Gasteiger partial charge < -0.3 is 10.2 Å². The second-order valence-corrected chi connectivity index (χ2v) is 1.82. The summed E-state index contributed by atoms with van der Waals surface area (Å²) in [6, 6.07) is 0. The fraction of sp³-hybridized carbons (Fsp3) is 0. The van der Waals surface area contributed by atoms with Gasteiger partial charge in [0.1, 0.15) is 0 Å². The number of hydrogen-bond acceptors (Lipinski definition) is 3. The summed E-state index contributed by atoms with van der Waals surface area (Å²) < 4.78 is 0. The van der Waals surface area contributed by atoms with Gasteiger partial charge >= 0.3 is 5.97 Å². The van der Waals surface area contributed by atoms with Crippen molar-refractivity contribution in [1.29, 1.82) is 0 Å². The first-order chi connectivity index (χ1) is 5.57. The monoisotopic (exact) mass is 168 g/mol. The zero-order valence-corrected chi connectivity index (χ0v) is 6.23. The smallest absolute Gasteiger partial charge is 0.370 e. The minimum atomic E-state index is -1.44. The minimum Gasteiger partial charge on any atom is -0.502 e. The second kappa shape index (κ2) is 4.90. The summed E-state index contributed by atoms with van der Waals surface area (Å²) in [5.41, 5.74) is 0. The topological polar surface area (TPSA) is 74.6 Å². The number of carbonyl (C=O) groups excluding carboxylic acids is 1. The van der Waals surface area contributed by atoms with Crippen LogP contribution in [-0.4, -0.2) is 22.0 Å². The zero-order valence-electron chi connectivity index (χ0n) is 6.23. The Kier molecular flexibility index (Phi) is 4.15. The number of aliphatic carboxylic acids is 1. The standard InChI is InChI=1S/C8H8O4/c1-2-6(9)4-3-5-7(10)8(11)12/h2-5,10H,1H2,(H,11,12). The van der Waals surface area contributed by atoms with Crippen LogP contribution in [0.1, 0.15) is 0 Å². The summed E-state index contributed by atoms with van der Waals surface area (Å²) >= 11 is 0. The van der Waals surface area contributed by atoms with Crippen molar-refractivity contribution in [1.82, 2.24) is 0 Å². The number of rotatable bonds is 4. The van der Waals surface area contributed by atoms with Gasteiger partial charge in [0, 0.05) is 0 Å². The molecule has 4 nitrogen and oxygen atoms in total. The van der Waals surface area contributed by atoms with Crippen molar-refractivity contribution in [2.45, 2.75) is 0 Å². The molecule has 2 N–H and O–H groups in total. The molecule has 0 saturated carbocycles. The predicted octanol–water partition coefficient (Wildman–Crippen LogP) is 0.824. The first-order valence-corrected chi connectivity index (χ1v) is 3.05. The summed E-state index contributed by atoms with van der Waals surface area (Å²) in [5.74, 6) is -2.61. The lowest BCUT2D eigenvalue weighted by Gasteiger charge is -1.85. The predicted molar refractivity (Wildman–Crippen MR) is 42.7 cm³/mol. The highest BCUT2D eigenvalue weighted by Crippen LogP contribution is 1.89. The van der Waals surface area contributed by atoms with Gasteiger partial charge in [-0.1, -0.05) is 12.7 Å². The Balaban J connectivity index is 4.21. The molecule has 12 heavy (non-hydrogen) atoms. The van der Waals surface area contributed by atoms with Crippen molar-refractivity contribution in [2.24, 2.45) is 0 Å². The Morgan fingerprint density at radius 1 is 1.25 bits per heavy atom. The fourth-order valence-electron chi connectivity index (χ4n) is 0.373. The van der Waals surface area contributed by atoms with Crippen LogP contribution in [0.25, 0.3) is 0 Å². The molecule has 0 rings (SSSR count). The lowest BCUT2D eigenvalue weighted by molar-refractivity contribution is -0.135. The molecule has 0 aromatic carbocycles. The van der Waals surface area contributed by atoms with Gasteiger partial charge in [0.05, 0.1) is 0 Å². The van der Waals surface area contributed by atoms with Gasteiger partial charge in [-0.05, 0) is 18.2 Å². The number of aliphatic hydroxyl groups is 1. The fourth-order valence-corrected chi connectivity index (χ4v) is 0.373. The van der Waals surface area contributed by atoms with Crippen molar-refractivity contribution in [2.75, 3.05) is 0 Å². The summed E-state index contributed by atoms with van der Waals surface area (Å²) in [6.07, 6.45) is 4.20. The van der Waals surface area contributed by atoms with Crippen LogP contribution in [0.2, 0.25) is 0 Å². The molecule has 0 bridgehead atoms. The van der Waals surface area contributed by atoms with Gasteiger partial charge in [0.2, 0.25) is 5.76 Å². The van der Waals surface area contributed by atoms with Crippen LogP contribution in [0.15, 0.2) is 36.6 Å². The van der Waals surface area contributed by atoms with Gasteiger partial charge in [-0.25, -0.2) is 4.79 Å². The molecule has 0 aliphatic rings. The lowest BCUT2D eigenvalue weighted by Crippen LogP contribution is -1.97. The third-order valence-electron chi connectivity index (χ3n) is 0.935. The van der Waals surface area contributed by atoms with E-state index in [0.717, 1.165) is 24.3 Å². The number of ketones is 1. The largest absolute Gasteiger partial charge is 0.502 e. The molecular formula is C8H8O4. The number of aliphatic hydroxyl groups excluding tert-OH is 1. The quantitative estimate of drug-likeness (QED) is 0.370. The average Bonchev–Trinajstić information content (AvgIpc) is 2.03. The summed E-state index contributed by atoms with van der Waals surface area (Å²) in [7, 11) is 0. The number of allylic oxidation sites excluding steroid dienone is 4. The molecular weight excluding hydrogens is 160 g/mol. The first-order valence-electron chi connectivity index (χ1n) is 3.05. The van der Waals surface area contributed by atoms with E-state index in [0.29, 0.717) is 0 Å². The van der Waals surface area contributed by atoms with Crippen LogP contribution in [0.5, 0.6) is 0 Å². The van der Waals surface area contributed by atoms with E-state index in [4.69, 9.17) is 10.2 Å². The molecule has 0 radical (unpaired) electrons. The summed E-state index contributed by atoms with van der Waals surface area (Å²) in [6.45, 7) is 3.19. The van der Waals surface area contributed by atoms with Crippen molar-refractivity contribution in [3.05, 3.63) is 36.6 Å². The Morgan fingerprint density at radius 3 is 2.25 bits per heavy atom. The Bertz CT molecular complexity index is 260. The van der Waals surface area contributed by atoms with E-state index in [1.165, 1.54) is 0 Å². The molecule has 64 valence electrons. The van der Waals surface area contributed by atoms with E-state index in [2.05, 4.69) is 6.58 Å². The molecule has 0 aliphatic heterocycles. The molecule has 0 amide bonds. The van der Waals surface area contributed by atoms with Crippen molar-refractivity contribution < 1.29 is 19.8 Å². The van der Waals surface area contributed by atoms with Crippen molar-refractivity contribution in [3.8, 4) is 0 Å². The molecule has 0 aromatic rings. The Morgan fingerprint density at radius 2 is 1.83 bits per heavy atom. The molecule has 0 fully saturated rings. The Hall–Kier alpha value is -1.84. The molecule has 0 aliphatic carbocycles. The van der Waals surface area contributed by atoms with Crippen LogP contribution in [0.4, 0.5) is 0 Å². The number of hydrogen-bond donors (Lipinski definition) is 2. The molecule has 4 heteroatoms. The van der Waals surface area contributed by atoms with Crippen LogP contribution >= 0.6 is 0 Å². The highest BCUT2D eigenvalue weighted by Gasteiger charge is 1.99. The molecule has 0 aromatic heterocycles. The Labute approximate surface area is 69.1 Å². The maximum absolute atomic E-state index is 10.5. The van der Waals surface area contributed by atoms with Crippen LogP contribution in [-0.2, 0) is 9.59 Å². The van der Waals surface area contributed by atoms with E-state index in [9.17, 15) is 9.59 Å². The minimum absolute atomic E-state index is 0.357. The molecule has 0 atom stereocenters. The van der Waals surface area contributed by atoms with E-state index in [-0.39, 0.29) is 5.78 Å². The average molecular weight is 168 g/mol. The third-order valence-corrected chi connectivity index (χ3v) is 0.935. The maximum Gasteiger partial charge on any atom is 0.370 e. The number of carboxylic acid groups (broad SMARTS) is 1. The first kappa shape index (κ1) is 10.2. The normalized spacial score (nSPS) is 11.5. The van der Waals surface area contributed by atoms with Gasteiger partial charge in [-0.2, -0.15) is 0 Å². The number of carboxylic acids is 1. The maximum atomic E-state index is 10.5. The van der Waals surface area contributed by atoms with E-state index in [1.807, 2.05) is 0 Å². The van der Waals surface area contributed by atoms with Gasteiger partial charge in [-0.3, -0.25) is 4.79 Å². The van der Waals surface area contributed by atoms with E-state index < -0.39 is 11.7 Å². The number of carbonyl (C=O) groups is 2. The highest BCUT2D eigenvalue weighted by atomic mass is 16.4. The van der Waals surface area contributed by atoms with Crippen molar-refractivity contribution in [3.63, 3.8) is 0 Å². The van der Waals surface area contributed by atoms with Gasteiger partial charge in [-0.15, -0.1) is 0 Å². The second-order valence-electron chi connectivity index (χ2n) is 1.82. The van der Waals surface area contributed by atoms with Crippen molar-refractivity contribution >= 4 is 11.8 Å². The third kappa shape index (κ3) is 4.05.